The van der Waals surface area contributed by atoms with Gasteiger partial charge in [-0.25, -0.2) is 0 Å². The van der Waals surface area contributed by atoms with Crippen molar-refractivity contribution >= 4 is 0 Å². The Morgan fingerprint density at radius 1 is 1.21 bits per heavy atom. The molecule has 0 spiro atoms. The minimum absolute atomic E-state index is 0.654. The quantitative estimate of drug-likeness (QED) is 0.850. The van der Waals surface area contributed by atoms with Crippen LogP contribution in [0.5, 0.6) is 0 Å². The van der Waals surface area contributed by atoms with Gasteiger partial charge in [-0.3, -0.25) is 0 Å². The Hall–Kier alpha value is -0.900. The molecule has 0 radical (unpaired) electrons. The maximum atomic E-state index is 5.37. The van der Waals surface area contributed by atoms with Gasteiger partial charge in [0.2, 0.25) is 0 Å². The number of hydrogen-bond acceptors (Lipinski definition) is 3. The van der Waals surface area contributed by atoms with Gasteiger partial charge >= 0.3 is 0 Å². The van der Waals surface area contributed by atoms with Gasteiger partial charge in [0.1, 0.15) is 0 Å². The summed E-state index contributed by atoms with van der Waals surface area (Å²) in [6.45, 7) is 7.13. The lowest BCUT2D eigenvalue weighted by Gasteiger charge is -2.24. The summed E-state index contributed by atoms with van der Waals surface area (Å²) in [6, 6.07) is 9.46. The second-order valence-corrected chi connectivity index (χ2v) is 5.56. The molecule has 19 heavy (non-hydrogen) atoms. The summed E-state index contributed by atoms with van der Waals surface area (Å²) in [4.78, 5) is 2.37. The Bertz CT molecular complexity index is 358. The topological polar surface area (TPSA) is 24.5 Å². The molecule has 0 atom stereocenters. The Labute approximate surface area is 116 Å². The van der Waals surface area contributed by atoms with Crippen molar-refractivity contribution in [3.63, 3.8) is 0 Å². The molecular formula is C16H26N2O. The van der Waals surface area contributed by atoms with E-state index in [2.05, 4.69) is 48.5 Å². The van der Waals surface area contributed by atoms with Crippen LogP contribution in [0.2, 0.25) is 0 Å². The largest absolute Gasteiger partial charge is 0.381 e. The first-order valence-corrected chi connectivity index (χ1v) is 7.29. The van der Waals surface area contributed by atoms with Crippen molar-refractivity contribution in [1.29, 1.82) is 0 Å². The average Bonchev–Trinajstić information content (AvgIpc) is 2.43. The van der Waals surface area contributed by atoms with Gasteiger partial charge in [-0.2, -0.15) is 0 Å². The molecule has 1 heterocycles. The lowest BCUT2D eigenvalue weighted by atomic mass is 10.1. The lowest BCUT2D eigenvalue weighted by Crippen LogP contribution is -2.39. The highest BCUT2D eigenvalue weighted by atomic mass is 16.5. The predicted molar refractivity (Wildman–Crippen MR) is 79.4 cm³/mol. The summed E-state index contributed by atoms with van der Waals surface area (Å²) in [5.41, 5.74) is 2.71. The molecule has 1 N–H and O–H groups in total. The molecule has 0 saturated carbocycles. The first-order valence-electron chi connectivity index (χ1n) is 7.29. The van der Waals surface area contributed by atoms with Crippen LogP contribution in [0, 0.1) is 6.92 Å². The number of hydrogen-bond donors (Lipinski definition) is 1. The second kappa shape index (κ2) is 7.63. The Balaban J connectivity index is 1.63. The van der Waals surface area contributed by atoms with Crippen LogP contribution in [-0.4, -0.2) is 44.3 Å². The normalized spacial score (nSPS) is 17.0. The third-order valence-electron chi connectivity index (χ3n) is 3.72. The summed E-state index contributed by atoms with van der Waals surface area (Å²) in [5, 5.41) is 3.63. The molecule has 1 aliphatic rings. The number of ether oxygens (including phenoxy) is 1. The SMILES string of the molecule is Cc1ccc(CN(C)CCNC2CCOCC2)cc1. The highest BCUT2D eigenvalue weighted by Gasteiger charge is 2.12. The van der Waals surface area contributed by atoms with E-state index in [9.17, 15) is 0 Å². The van der Waals surface area contributed by atoms with Crippen LogP contribution in [0.15, 0.2) is 24.3 Å². The summed E-state index contributed by atoms with van der Waals surface area (Å²) in [7, 11) is 2.19. The van der Waals surface area contributed by atoms with Gasteiger partial charge in [-0.1, -0.05) is 29.8 Å². The van der Waals surface area contributed by atoms with E-state index in [1.54, 1.807) is 0 Å². The number of nitrogens with zero attached hydrogens (tertiary/aromatic N) is 1. The highest BCUT2D eigenvalue weighted by Crippen LogP contribution is 2.07. The summed E-state index contributed by atoms with van der Waals surface area (Å²) in [5.74, 6) is 0. The number of rotatable bonds is 6. The number of benzene rings is 1. The van der Waals surface area contributed by atoms with Gasteiger partial charge in [-0.05, 0) is 32.4 Å². The van der Waals surface area contributed by atoms with Crippen LogP contribution in [0.4, 0.5) is 0 Å². The van der Waals surface area contributed by atoms with Crippen molar-refractivity contribution in [2.45, 2.75) is 32.4 Å². The van der Waals surface area contributed by atoms with Crippen LogP contribution >= 0.6 is 0 Å². The zero-order valence-electron chi connectivity index (χ0n) is 12.2. The molecule has 0 aromatic heterocycles. The van der Waals surface area contributed by atoms with Crippen LogP contribution in [0.3, 0.4) is 0 Å². The van der Waals surface area contributed by atoms with Gasteiger partial charge < -0.3 is 15.0 Å². The van der Waals surface area contributed by atoms with Crippen LogP contribution < -0.4 is 5.32 Å². The maximum absolute atomic E-state index is 5.37. The molecule has 0 aliphatic carbocycles. The minimum atomic E-state index is 0.654. The first-order chi connectivity index (χ1) is 9.24. The summed E-state index contributed by atoms with van der Waals surface area (Å²) in [6.07, 6.45) is 2.31. The third-order valence-corrected chi connectivity index (χ3v) is 3.72. The maximum Gasteiger partial charge on any atom is 0.0480 e. The standard InChI is InChI=1S/C16H26N2O/c1-14-3-5-15(6-4-14)13-18(2)10-9-17-16-7-11-19-12-8-16/h3-6,16-17H,7-13H2,1-2H3. The number of likely N-dealkylation sites (N-methyl/N-ethyl adjacent to an activating group) is 1. The Kier molecular flexibility index (Phi) is 5.83. The molecule has 1 aromatic rings. The van der Waals surface area contributed by atoms with Crippen LogP contribution in [0.1, 0.15) is 24.0 Å². The van der Waals surface area contributed by atoms with Gasteiger partial charge in [0.15, 0.2) is 0 Å². The average molecular weight is 262 g/mol. The molecule has 0 unspecified atom stereocenters. The van der Waals surface area contributed by atoms with Crippen LogP contribution in [0.25, 0.3) is 0 Å². The highest BCUT2D eigenvalue weighted by molar-refractivity contribution is 5.21. The van der Waals surface area contributed by atoms with Gasteiger partial charge in [0.25, 0.3) is 0 Å². The van der Waals surface area contributed by atoms with E-state index in [1.165, 1.54) is 11.1 Å². The van der Waals surface area contributed by atoms with Crippen molar-refractivity contribution in [1.82, 2.24) is 10.2 Å². The zero-order valence-corrected chi connectivity index (χ0v) is 12.2. The molecule has 106 valence electrons. The van der Waals surface area contributed by atoms with E-state index in [4.69, 9.17) is 4.74 Å². The molecular weight excluding hydrogens is 236 g/mol. The van der Waals surface area contributed by atoms with Gasteiger partial charge in [0, 0.05) is 38.9 Å². The van der Waals surface area contributed by atoms with E-state index >= 15 is 0 Å². The van der Waals surface area contributed by atoms with E-state index in [0.717, 1.165) is 45.7 Å². The molecule has 3 heteroatoms. The molecule has 1 aliphatic heterocycles. The van der Waals surface area contributed by atoms with E-state index in [-0.39, 0.29) is 0 Å². The smallest absolute Gasteiger partial charge is 0.0480 e. The van der Waals surface area contributed by atoms with E-state index in [1.807, 2.05) is 0 Å². The van der Waals surface area contributed by atoms with Crippen molar-refractivity contribution in [3.8, 4) is 0 Å². The van der Waals surface area contributed by atoms with Crippen molar-refractivity contribution in [2.75, 3.05) is 33.4 Å². The predicted octanol–water partition coefficient (Wildman–Crippen LogP) is 2.20. The first kappa shape index (κ1) is 14.5. The molecule has 0 amide bonds. The van der Waals surface area contributed by atoms with Crippen molar-refractivity contribution < 1.29 is 4.74 Å². The van der Waals surface area contributed by atoms with E-state index in [0.29, 0.717) is 6.04 Å². The fourth-order valence-electron chi connectivity index (χ4n) is 2.45. The fourth-order valence-corrected chi connectivity index (χ4v) is 2.45. The van der Waals surface area contributed by atoms with Gasteiger partial charge in [-0.15, -0.1) is 0 Å². The lowest BCUT2D eigenvalue weighted by molar-refractivity contribution is 0.0774. The fraction of sp³-hybridized carbons (Fsp3) is 0.625. The van der Waals surface area contributed by atoms with Gasteiger partial charge in [0.05, 0.1) is 0 Å². The summed E-state index contributed by atoms with van der Waals surface area (Å²) >= 11 is 0. The van der Waals surface area contributed by atoms with E-state index < -0.39 is 0 Å². The molecule has 0 bridgehead atoms. The number of nitrogens with one attached hydrogen (secondary N) is 1. The molecule has 3 nitrogen and oxygen atoms in total. The summed E-state index contributed by atoms with van der Waals surface area (Å²) < 4.78 is 5.37. The van der Waals surface area contributed by atoms with Crippen molar-refractivity contribution in [3.05, 3.63) is 35.4 Å². The molecule has 2 rings (SSSR count). The third kappa shape index (κ3) is 5.31. The monoisotopic (exact) mass is 262 g/mol. The molecule has 1 saturated heterocycles. The Morgan fingerprint density at radius 2 is 1.89 bits per heavy atom. The Morgan fingerprint density at radius 3 is 2.58 bits per heavy atom. The molecule has 1 aromatic carbocycles. The zero-order chi connectivity index (χ0) is 13.5. The minimum Gasteiger partial charge on any atom is -0.381 e. The van der Waals surface area contributed by atoms with Crippen molar-refractivity contribution in [2.24, 2.45) is 0 Å². The van der Waals surface area contributed by atoms with Crippen LogP contribution in [-0.2, 0) is 11.3 Å². The molecule has 1 fully saturated rings. The number of aryl methyl sites for hydroxylation is 1. The second-order valence-electron chi connectivity index (χ2n) is 5.56.